The topological polar surface area (TPSA) is 54.0 Å². The van der Waals surface area contributed by atoms with Gasteiger partial charge in [0.1, 0.15) is 0 Å². The van der Waals surface area contributed by atoms with Crippen LogP contribution in [0.5, 0.6) is 11.5 Å². The lowest BCUT2D eigenvalue weighted by molar-refractivity contribution is 0.0937. The van der Waals surface area contributed by atoms with Gasteiger partial charge in [-0.15, -0.1) is 0 Å². The van der Waals surface area contributed by atoms with E-state index in [2.05, 4.69) is 40.4 Å². The molecule has 2 aromatic carbocycles. The number of amides is 1. The van der Waals surface area contributed by atoms with Crippen molar-refractivity contribution in [3.05, 3.63) is 53.1 Å². The second kappa shape index (κ2) is 8.19. The molecular formula is C24H29N3O3. The van der Waals surface area contributed by atoms with Crippen LogP contribution in [0.4, 0.5) is 5.69 Å². The number of rotatable bonds is 5. The number of hydrogen-bond acceptors (Lipinski definition) is 5. The van der Waals surface area contributed by atoms with E-state index < -0.39 is 0 Å². The molecule has 6 nitrogen and oxygen atoms in total. The van der Waals surface area contributed by atoms with Crippen molar-refractivity contribution in [2.75, 3.05) is 44.9 Å². The van der Waals surface area contributed by atoms with Gasteiger partial charge in [-0.2, -0.15) is 0 Å². The predicted octanol–water partition coefficient (Wildman–Crippen LogP) is 3.36. The molecule has 1 fully saturated rings. The molecule has 0 bridgehead atoms. The van der Waals surface area contributed by atoms with E-state index in [1.165, 1.54) is 36.1 Å². The quantitative estimate of drug-likeness (QED) is 0.824. The summed E-state index contributed by atoms with van der Waals surface area (Å²) in [6.45, 7) is 4.10. The van der Waals surface area contributed by atoms with Gasteiger partial charge in [-0.05, 0) is 74.2 Å². The minimum atomic E-state index is -0.0739. The van der Waals surface area contributed by atoms with Crippen molar-refractivity contribution in [3.63, 3.8) is 0 Å². The van der Waals surface area contributed by atoms with Crippen LogP contribution in [0.3, 0.4) is 0 Å². The van der Waals surface area contributed by atoms with Crippen molar-refractivity contribution in [1.82, 2.24) is 10.2 Å². The monoisotopic (exact) mass is 407 g/mol. The third-order valence-electron chi connectivity index (χ3n) is 6.51. The number of anilines is 1. The molecule has 6 heteroatoms. The number of fused-ring (bicyclic) bond motifs is 2. The zero-order valence-corrected chi connectivity index (χ0v) is 17.5. The number of carbonyl (C=O) groups is 1. The fourth-order valence-electron chi connectivity index (χ4n) is 4.85. The second-order valence-corrected chi connectivity index (χ2v) is 8.45. The second-order valence-electron chi connectivity index (χ2n) is 8.45. The lowest BCUT2D eigenvalue weighted by Crippen LogP contribution is -2.37. The van der Waals surface area contributed by atoms with E-state index in [0.717, 1.165) is 26.1 Å². The summed E-state index contributed by atoms with van der Waals surface area (Å²) < 4.78 is 10.8. The van der Waals surface area contributed by atoms with Crippen LogP contribution in [0.1, 0.15) is 46.8 Å². The van der Waals surface area contributed by atoms with Gasteiger partial charge in [0.2, 0.25) is 6.79 Å². The Labute approximate surface area is 177 Å². The van der Waals surface area contributed by atoms with E-state index in [1.807, 2.05) is 0 Å². The molecule has 30 heavy (non-hydrogen) atoms. The lowest BCUT2D eigenvalue weighted by atomic mass is 9.96. The van der Waals surface area contributed by atoms with Crippen LogP contribution in [-0.4, -0.2) is 50.8 Å². The highest BCUT2D eigenvalue weighted by Crippen LogP contribution is 2.33. The molecule has 0 radical (unpaired) electrons. The largest absolute Gasteiger partial charge is 0.454 e. The Bertz CT molecular complexity index is 939. The van der Waals surface area contributed by atoms with E-state index in [9.17, 15) is 4.79 Å². The molecule has 1 atom stereocenters. The average Bonchev–Trinajstić information content (AvgIpc) is 3.45. The van der Waals surface area contributed by atoms with Crippen molar-refractivity contribution in [2.45, 2.75) is 31.7 Å². The van der Waals surface area contributed by atoms with Gasteiger partial charge in [0.05, 0.1) is 6.04 Å². The van der Waals surface area contributed by atoms with Gasteiger partial charge in [-0.25, -0.2) is 0 Å². The molecule has 3 heterocycles. The van der Waals surface area contributed by atoms with Crippen molar-refractivity contribution in [3.8, 4) is 11.5 Å². The molecule has 2 aromatic rings. The van der Waals surface area contributed by atoms with Gasteiger partial charge in [-0.3, -0.25) is 9.69 Å². The smallest absolute Gasteiger partial charge is 0.251 e. The highest BCUT2D eigenvalue weighted by atomic mass is 16.7. The summed E-state index contributed by atoms with van der Waals surface area (Å²) in [5.41, 5.74) is 4.67. The Morgan fingerprint density at radius 3 is 2.73 bits per heavy atom. The molecule has 0 unspecified atom stereocenters. The van der Waals surface area contributed by atoms with Crippen LogP contribution < -0.4 is 19.7 Å². The van der Waals surface area contributed by atoms with Crippen LogP contribution >= 0.6 is 0 Å². The van der Waals surface area contributed by atoms with Gasteiger partial charge in [0.25, 0.3) is 5.91 Å². The molecule has 1 saturated heterocycles. The van der Waals surface area contributed by atoms with Gasteiger partial charge < -0.3 is 19.7 Å². The molecular weight excluding hydrogens is 378 g/mol. The average molecular weight is 408 g/mol. The summed E-state index contributed by atoms with van der Waals surface area (Å²) in [4.78, 5) is 17.7. The molecule has 0 aliphatic carbocycles. The van der Waals surface area contributed by atoms with Crippen LogP contribution in [0.25, 0.3) is 0 Å². The molecule has 0 saturated carbocycles. The van der Waals surface area contributed by atoms with Crippen molar-refractivity contribution in [1.29, 1.82) is 0 Å². The molecule has 5 rings (SSSR count). The minimum absolute atomic E-state index is 0.0739. The Morgan fingerprint density at radius 1 is 1.03 bits per heavy atom. The van der Waals surface area contributed by atoms with Crippen molar-refractivity contribution in [2.24, 2.45) is 0 Å². The van der Waals surface area contributed by atoms with E-state index >= 15 is 0 Å². The maximum Gasteiger partial charge on any atom is 0.251 e. The summed E-state index contributed by atoms with van der Waals surface area (Å²) in [5, 5.41) is 3.17. The van der Waals surface area contributed by atoms with Gasteiger partial charge in [0, 0.05) is 31.4 Å². The lowest BCUT2D eigenvalue weighted by Gasteiger charge is -2.32. The number of ether oxygens (including phenoxy) is 2. The third-order valence-corrected chi connectivity index (χ3v) is 6.51. The first-order chi connectivity index (χ1) is 14.7. The molecule has 1 N–H and O–H groups in total. The molecule has 1 amide bonds. The number of carbonyl (C=O) groups excluding carboxylic acids is 1. The number of nitrogens with zero attached hydrogens (tertiary/aromatic N) is 2. The minimum Gasteiger partial charge on any atom is -0.454 e. The molecule has 3 aliphatic heterocycles. The van der Waals surface area contributed by atoms with Gasteiger partial charge >= 0.3 is 0 Å². The molecule has 0 spiro atoms. The standard InChI is InChI=1S/C24H29N3O3/c1-26-10-4-5-17-13-18(6-8-20(17)26)21(27-11-2-3-12-27)15-25-24(28)19-7-9-22-23(14-19)30-16-29-22/h6-9,13-14,21H,2-5,10-12,15-16H2,1H3,(H,25,28)/t21-/m0/s1. The normalized spacial score (nSPS) is 18.9. The molecule has 0 aromatic heterocycles. The summed E-state index contributed by atoms with van der Waals surface area (Å²) in [5.74, 6) is 1.26. The van der Waals surface area contributed by atoms with E-state index in [0.29, 0.717) is 23.6 Å². The number of nitrogens with one attached hydrogen (secondary N) is 1. The molecule has 158 valence electrons. The zero-order chi connectivity index (χ0) is 20.5. The van der Waals surface area contributed by atoms with Crippen LogP contribution in [-0.2, 0) is 6.42 Å². The molecule has 3 aliphatic rings. The number of aryl methyl sites for hydroxylation is 1. The van der Waals surface area contributed by atoms with Crippen LogP contribution in [0.2, 0.25) is 0 Å². The van der Waals surface area contributed by atoms with Gasteiger partial charge in [-0.1, -0.05) is 12.1 Å². The third kappa shape index (κ3) is 3.72. The van der Waals surface area contributed by atoms with Crippen molar-refractivity contribution >= 4 is 11.6 Å². The van der Waals surface area contributed by atoms with Crippen LogP contribution in [0.15, 0.2) is 36.4 Å². The first-order valence-electron chi connectivity index (χ1n) is 10.9. The Hall–Kier alpha value is -2.73. The summed E-state index contributed by atoms with van der Waals surface area (Å²) >= 11 is 0. The fraction of sp³-hybridized carbons (Fsp3) is 0.458. The zero-order valence-electron chi connectivity index (χ0n) is 17.5. The maximum atomic E-state index is 12.8. The van der Waals surface area contributed by atoms with Crippen molar-refractivity contribution < 1.29 is 14.3 Å². The Balaban J connectivity index is 1.34. The number of likely N-dealkylation sites (tertiary alicyclic amines) is 1. The predicted molar refractivity (Wildman–Crippen MR) is 116 cm³/mol. The Kier molecular flexibility index (Phi) is 5.25. The highest BCUT2D eigenvalue weighted by molar-refractivity contribution is 5.95. The van der Waals surface area contributed by atoms with Crippen LogP contribution in [0, 0.1) is 0 Å². The first-order valence-corrected chi connectivity index (χ1v) is 10.9. The first kappa shape index (κ1) is 19.2. The summed E-state index contributed by atoms with van der Waals surface area (Å²) in [6.07, 6.45) is 4.77. The summed E-state index contributed by atoms with van der Waals surface area (Å²) in [6, 6.07) is 12.4. The maximum absolute atomic E-state index is 12.8. The number of benzene rings is 2. The SMILES string of the molecule is CN1CCCc2cc([C@H](CNC(=O)c3ccc4c(c3)OCO4)N3CCCC3)ccc21. The number of hydrogen-bond donors (Lipinski definition) is 1. The summed E-state index contributed by atoms with van der Waals surface area (Å²) in [7, 11) is 2.17. The highest BCUT2D eigenvalue weighted by Gasteiger charge is 2.26. The van der Waals surface area contributed by atoms with E-state index in [4.69, 9.17) is 9.47 Å². The Morgan fingerprint density at radius 2 is 1.87 bits per heavy atom. The van der Waals surface area contributed by atoms with E-state index in [1.54, 1.807) is 18.2 Å². The fourth-order valence-corrected chi connectivity index (χ4v) is 4.85. The van der Waals surface area contributed by atoms with Gasteiger partial charge in [0.15, 0.2) is 11.5 Å². The van der Waals surface area contributed by atoms with E-state index in [-0.39, 0.29) is 18.7 Å².